The van der Waals surface area contributed by atoms with Gasteiger partial charge in [0, 0.05) is 12.7 Å². The third kappa shape index (κ3) is 3.74. The van der Waals surface area contributed by atoms with Crippen molar-refractivity contribution in [3.05, 3.63) is 29.8 Å². The second-order valence-electron chi connectivity index (χ2n) is 5.54. The van der Waals surface area contributed by atoms with E-state index < -0.39 is 0 Å². The van der Waals surface area contributed by atoms with Crippen molar-refractivity contribution in [3.63, 3.8) is 0 Å². The summed E-state index contributed by atoms with van der Waals surface area (Å²) in [6.07, 6.45) is 8.44. The van der Waals surface area contributed by atoms with E-state index in [1.54, 1.807) is 6.20 Å². The maximum absolute atomic E-state index is 13.1. The molecule has 106 valence electrons. The summed E-state index contributed by atoms with van der Waals surface area (Å²) in [5.41, 5.74) is 6.45. The molecule has 1 aromatic rings. The molecule has 1 saturated carbocycles. The number of rotatable bonds is 5. The summed E-state index contributed by atoms with van der Waals surface area (Å²) >= 11 is 0. The zero-order valence-electron chi connectivity index (χ0n) is 11.6. The first-order chi connectivity index (χ1) is 9.17. The largest absolute Gasteiger partial charge is 0.369 e. The van der Waals surface area contributed by atoms with Crippen LogP contribution in [0.15, 0.2) is 18.5 Å². The van der Waals surface area contributed by atoms with Gasteiger partial charge >= 0.3 is 0 Å². The molecule has 4 heteroatoms. The maximum Gasteiger partial charge on any atom is 0.141 e. The molecule has 0 radical (unpaired) electrons. The van der Waals surface area contributed by atoms with E-state index in [0.717, 1.165) is 24.3 Å². The summed E-state index contributed by atoms with van der Waals surface area (Å²) in [4.78, 5) is 3.84. The van der Waals surface area contributed by atoms with Crippen LogP contribution in [-0.2, 0) is 11.3 Å². The Kier molecular flexibility index (Phi) is 4.88. The van der Waals surface area contributed by atoms with Crippen molar-refractivity contribution in [2.24, 2.45) is 11.7 Å². The molecule has 0 saturated heterocycles. The lowest BCUT2D eigenvalue weighted by Gasteiger charge is -2.39. The molecule has 1 aliphatic carbocycles. The van der Waals surface area contributed by atoms with Crippen LogP contribution in [0.25, 0.3) is 0 Å². The highest BCUT2D eigenvalue weighted by molar-refractivity contribution is 5.09. The average Bonchev–Trinajstić information content (AvgIpc) is 2.46. The van der Waals surface area contributed by atoms with Gasteiger partial charge in [0.1, 0.15) is 5.82 Å². The molecule has 0 unspecified atom stereocenters. The number of nitrogens with zero attached hydrogens (tertiary/aromatic N) is 1. The summed E-state index contributed by atoms with van der Waals surface area (Å²) in [5.74, 6) is 0.483. The monoisotopic (exact) mass is 266 g/mol. The van der Waals surface area contributed by atoms with Gasteiger partial charge in [0.25, 0.3) is 0 Å². The number of aromatic nitrogens is 1. The minimum atomic E-state index is -0.322. The zero-order chi connectivity index (χ0) is 13.7. The Hall–Kier alpha value is -1.00. The fourth-order valence-electron chi connectivity index (χ4n) is 2.79. The lowest BCUT2D eigenvalue weighted by Crippen LogP contribution is -2.43. The van der Waals surface area contributed by atoms with Gasteiger partial charge in [0.05, 0.1) is 18.4 Å². The molecule has 1 aromatic heterocycles. The van der Waals surface area contributed by atoms with Gasteiger partial charge < -0.3 is 10.5 Å². The average molecular weight is 266 g/mol. The van der Waals surface area contributed by atoms with Gasteiger partial charge in [-0.3, -0.25) is 4.98 Å². The van der Waals surface area contributed by atoms with E-state index in [2.05, 4.69) is 11.9 Å². The van der Waals surface area contributed by atoms with E-state index in [1.807, 2.05) is 0 Å². The Morgan fingerprint density at radius 1 is 1.42 bits per heavy atom. The lowest BCUT2D eigenvalue weighted by molar-refractivity contribution is -0.0814. The SMILES string of the molecule is CCC1CCC(CN)(OCc2cncc(F)c2)CC1. The van der Waals surface area contributed by atoms with E-state index in [4.69, 9.17) is 10.5 Å². The predicted molar refractivity (Wildman–Crippen MR) is 73.0 cm³/mol. The molecule has 0 amide bonds. The highest BCUT2D eigenvalue weighted by atomic mass is 19.1. The molecular weight excluding hydrogens is 243 g/mol. The van der Waals surface area contributed by atoms with Gasteiger partial charge in [-0.15, -0.1) is 0 Å². The van der Waals surface area contributed by atoms with Crippen molar-refractivity contribution in [2.75, 3.05) is 6.54 Å². The van der Waals surface area contributed by atoms with Crippen LogP contribution in [0.1, 0.15) is 44.6 Å². The van der Waals surface area contributed by atoms with Crippen LogP contribution in [0.2, 0.25) is 0 Å². The van der Waals surface area contributed by atoms with Gasteiger partial charge in [-0.05, 0) is 43.2 Å². The molecule has 1 heterocycles. The Morgan fingerprint density at radius 2 is 2.16 bits per heavy atom. The molecule has 2 rings (SSSR count). The zero-order valence-corrected chi connectivity index (χ0v) is 11.6. The Bertz CT molecular complexity index is 403. The van der Waals surface area contributed by atoms with E-state index >= 15 is 0 Å². The van der Waals surface area contributed by atoms with Crippen LogP contribution in [0.4, 0.5) is 4.39 Å². The molecule has 0 bridgehead atoms. The minimum absolute atomic E-state index is 0.224. The van der Waals surface area contributed by atoms with Gasteiger partial charge in [0.15, 0.2) is 0 Å². The highest BCUT2D eigenvalue weighted by Gasteiger charge is 2.34. The van der Waals surface area contributed by atoms with Crippen LogP contribution < -0.4 is 5.73 Å². The van der Waals surface area contributed by atoms with E-state index in [0.29, 0.717) is 13.2 Å². The Labute approximate surface area is 114 Å². The normalized spacial score (nSPS) is 27.4. The first-order valence-corrected chi connectivity index (χ1v) is 7.11. The second kappa shape index (κ2) is 6.44. The van der Waals surface area contributed by atoms with Crippen LogP contribution in [0, 0.1) is 11.7 Å². The standard InChI is InChI=1S/C15H23FN2O/c1-2-12-3-5-15(11-17,6-4-12)19-10-13-7-14(16)9-18-8-13/h7-9,12H,2-6,10-11,17H2,1H3. The van der Waals surface area contributed by atoms with Gasteiger partial charge in [0.2, 0.25) is 0 Å². The minimum Gasteiger partial charge on any atom is -0.369 e. The van der Waals surface area contributed by atoms with E-state index in [1.165, 1.54) is 31.5 Å². The number of ether oxygens (including phenoxy) is 1. The van der Waals surface area contributed by atoms with Crippen LogP contribution in [-0.4, -0.2) is 17.1 Å². The molecule has 3 nitrogen and oxygen atoms in total. The van der Waals surface area contributed by atoms with Crippen molar-refractivity contribution >= 4 is 0 Å². The predicted octanol–water partition coefficient (Wildman–Crippen LogP) is 3.04. The number of nitrogens with two attached hydrogens (primary N) is 1. The molecule has 19 heavy (non-hydrogen) atoms. The van der Waals surface area contributed by atoms with Gasteiger partial charge in [-0.1, -0.05) is 13.3 Å². The van der Waals surface area contributed by atoms with Crippen LogP contribution >= 0.6 is 0 Å². The van der Waals surface area contributed by atoms with Crippen molar-refractivity contribution in [3.8, 4) is 0 Å². The molecule has 0 spiro atoms. The van der Waals surface area contributed by atoms with Gasteiger partial charge in [-0.25, -0.2) is 4.39 Å². The van der Waals surface area contributed by atoms with Crippen molar-refractivity contribution in [1.29, 1.82) is 0 Å². The van der Waals surface area contributed by atoms with Crippen molar-refractivity contribution in [1.82, 2.24) is 4.98 Å². The molecule has 1 fully saturated rings. The fraction of sp³-hybridized carbons (Fsp3) is 0.667. The lowest BCUT2D eigenvalue weighted by atomic mass is 9.77. The number of hydrogen-bond acceptors (Lipinski definition) is 3. The van der Waals surface area contributed by atoms with Crippen molar-refractivity contribution < 1.29 is 9.13 Å². The summed E-state index contributed by atoms with van der Waals surface area (Å²) in [5, 5.41) is 0. The van der Waals surface area contributed by atoms with Crippen molar-refractivity contribution in [2.45, 2.75) is 51.2 Å². The molecule has 0 aromatic carbocycles. The van der Waals surface area contributed by atoms with Crippen LogP contribution in [0.3, 0.4) is 0 Å². The highest BCUT2D eigenvalue weighted by Crippen LogP contribution is 2.36. The molecule has 0 atom stereocenters. The number of hydrogen-bond donors (Lipinski definition) is 1. The smallest absolute Gasteiger partial charge is 0.141 e. The quantitative estimate of drug-likeness (QED) is 0.891. The van der Waals surface area contributed by atoms with E-state index in [-0.39, 0.29) is 11.4 Å². The second-order valence-corrected chi connectivity index (χ2v) is 5.54. The first kappa shape index (κ1) is 14.4. The van der Waals surface area contributed by atoms with Gasteiger partial charge in [-0.2, -0.15) is 0 Å². The summed E-state index contributed by atoms with van der Waals surface area (Å²) in [6, 6.07) is 1.47. The van der Waals surface area contributed by atoms with Crippen LogP contribution in [0.5, 0.6) is 0 Å². The topological polar surface area (TPSA) is 48.1 Å². The fourth-order valence-corrected chi connectivity index (χ4v) is 2.79. The number of halogens is 1. The Balaban J connectivity index is 1.92. The first-order valence-electron chi connectivity index (χ1n) is 7.11. The molecule has 2 N–H and O–H groups in total. The third-order valence-electron chi connectivity index (χ3n) is 4.27. The number of pyridine rings is 1. The summed E-state index contributed by atoms with van der Waals surface area (Å²) in [7, 11) is 0. The van der Waals surface area contributed by atoms with E-state index in [9.17, 15) is 4.39 Å². The molecule has 1 aliphatic rings. The molecular formula is C15H23FN2O. The molecule has 0 aliphatic heterocycles. The Morgan fingerprint density at radius 3 is 2.74 bits per heavy atom. The summed E-state index contributed by atoms with van der Waals surface area (Å²) < 4.78 is 19.1. The third-order valence-corrected chi connectivity index (χ3v) is 4.27. The maximum atomic E-state index is 13.1. The summed E-state index contributed by atoms with van der Waals surface area (Å²) in [6.45, 7) is 3.16.